The normalized spacial score (nSPS) is 22.9. The van der Waals surface area contributed by atoms with Gasteiger partial charge in [-0.15, -0.1) is 0 Å². The molecule has 1 unspecified atom stereocenters. The number of hydrogen-bond acceptors (Lipinski definition) is 3. The highest BCUT2D eigenvalue weighted by Crippen LogP contribution is 2.26. The lowest BCUT2D eigenvalue weighted by Crippen LogP contribution is -2.34. The number of nitrogens with one attached hydrogen (secondary N) is 2. The second-order valence-electron chi connectivity index (χ2n) is 5.66. The smallest absolute Gasteiger partial charge is 0.126 e. The van der Waals surface area contributed by atoms with E-state index in [4.69, 9.17) is 0 Å². The lowest BCUT2D eigenvalue weighted by atomic mass is 9.96. The molecule has 1 saturated heterocycles. The molecule has 96 valence electrons. The number of nitrogens with zero attached hydrogens (tertiary/aromatic N) is 2. The van der Waals surface area contributed by atoms with Gasteiger partial charge in [0.15, 0.2) is 0 Å². The number of piperidine rings is 1. The van der Waals surface area contributed by atoms with Gasteiger partial charge in [-0.3, -0.25) is 0 Å². The minimum atomic E-state index is -0.0845. The molecular weight excluding hydrogens is 212 g/mol. The molecule has 1 aliphatic rings. The van der Waals surface area contributed by atoms with Crippen LogP contribution in [0, 0.1) is 0 Å². The monoisotopic (exact) mass is 236 g/mol. The Kier molecular flexibility index (Phi) is 3.54. The maximum Gasteiger partial charge on any atom is 0.126 e. The quantitative estimate of drug-likeness (QED) is 0.839. The maximum atomic E-state index is 4.52. The Morgan fingerprint density at radius 1 is 1.53 bits per heavy atom. The molecule has 0 bridgehead atoms. The number of rotatable bonds is 3. The van der Waals surface area contributed by atoms with E-state index in [1.165, 1.54) is 25.1 Å². The van der Waals surface area contributed by atoms with E-state index in [9.17, 15) is 0 Å². The van der Waals surface area contributed by atoms with Gasteiger partial charge in [0, 0.05) is 24.4 Å². The van der Waals surface area contributed by atoms with Gasteiger partial charge in [-0.2, -0.15) is 0 Å². The van der Waals surface area contributed by atoms with Gasteiger partial charge in [-0.1, -0.05) is 0 Å². The predicted molar refractivity (Wildman–Crippen MR) is 70.1 cm³/mol. The molecule has 4 nitrogen and oxygen atoms in total. The van der Waals surface area contributed by atoms with Crippen LogP contribution in [0.2, 0.25) is 0 Å². The summed E-state index contributed by atoms with van der Waals surface area (Å²) in [5.74, 6) is 1.64. The Bertz CT molecular complexity index is 369. The molecule has 0 amide bonds. The van der Waals surface area contributed by atoms with Gasteiger partial charge in [-0.05, 0) is 47.3 Å². The number of imidazole rings is 1. The molecule has 2 rings (SSSR count). The Morgan fingerprint density at radius 3 is 2.94 bits per heavy atom. The van der Waals surface area contributed by atoms with Gasteiger partial charge >= 0.3 is 0 Å². The van der Waals surface area contributed by atoms with Crippen LogP contribution < -0.4 is 5.32 Å². The van der Waals surface area contributed by atoms with E-state index in [2.05, 4.69) is 41.1 Å². The Morgan fingerprint density at radius 2 is 2.29 bits per heavy atom. The lowest BCUT2D eigenvalue weighted by Gasteiger charge is -2.29. The van der Waals surface area contributed by atoms with Crippen LogP contribution in [0.5, 0.6) is 0 Å². The van der Waals surface area contributed by atoms with Gasteiger partial charge in [0.1, 0.15) is 5.82 Å². The summed E-state index contributed by atoms with van der Waals surface area (Å²) < 4.78 is 0. The van der Waals surface area contributed by atoms with Crippen molar-refractivity contribution in [3.8, 4) is 0 Å². The van der Waals surface area contributed by atoms with Crippen LogP contribution in [0.1, 0.15) is 44.1 Å². The van der Waals surface area contributed by atoms with E-state index in [0.717, 1.165) is 12.4 Å². The minimum absolute atomic E-state index is 0.0845. The predicted octanol–water partition coefficient (Wildman–Crippen LogP) is 1.67. The van der Waals surface area contributed by atoms with Crippen LogP contribution in [-0.2, 0) is 5.54 Å². The van der Waals surface area contributed by atoms with Gasteiger partial charge in [0.25, 0.3) is 0 Å². The van der Waals surface area contributed by atoms with E-state index in [1.807, 2.05) is 13.2 Å². The average molecular weight is 236 g/mol. The summed E-state index contributed by atoms with van der Waals surface area (Å²) in [5.41, 5.74) is 1.20. The third kappa shape index (κ3) is 2.69. The zero-order chi connectivity index (χ0) is 12.5. The van der Waals surface area contributed by atoms with Crippen LogP contribution in [0.15, 0.2) is 6.20 Å². The third-order valence-electron chi connectivity index (χ3n) is 3.88. The first-order chi connectivity index (χ1) is 8.03. The molecule has 1 aromatic rings. The highest BCUT2D eigenvalue weighted by Gasteiger charge is 2.25. The fourth-order valence-electron chi connectivity index (χ4n) is 2.40. The molecular formula is C13H24N4. The highest BCUT2D eigenvalue weighted by molar-refractivity contribution is 5.13. The molecule has 2 N–H and O–H groups in total. The molecule has 17 heavy (non-hydrogen) atoms. The number of aromatic nitrogens is 2. The molecule has 1 atom stereocenters. The molecule has 0 spiro atoms. The molecule has 2 heterocycles. The van der Waals surface area contributed by atoms with Crippen LogP contribution in [0.3, 0.4) is 0 Å². The number of hydrogen-bond donors (Lipinski definition) is 2. The van der Waals surface area contributed by atoms with Gasteiger partial charge < -0.3 is 15.2 Å². The van der Waals surface area contributed by atoms with Gasteiger partial charge in [0.05, 0.1) is 5.54 Å². The van der Waals surface area contributed by atoms with Crippen LogP contribution >= 0.6 is 0 Å². The molecule has 0 radical (unpaired) electrons. The van der Waals surface area contributed by atoms with E-state index in [0.29, 0.717) is 5.92 Å². The Balaban J connectivity index is 2.12. The van der Waals surface area contributed by atoms with Crippen LogP contribution in [0.25, 0.3) is 0 Å². The number of likely N-dealkylation sites (tertiary alicyclic amines) is 1. The number of H-pyrrole nitrogens is 1. The van der Waals surface area contributed by atoms with E-state index < -0.39 is 0 Å². The van der Waals surface area contributed by atoms with Crippen molar-refractivity contribution in [2.45, 2.75) is 38.1 Å². The molecule has 4 heteroatoms. The fourth-order valence-corrected chi connectivity index (χ4v) is 2.40. The Labute approximate surface area is 104 Å². The lowest BCUT2D eigenvalue weighted by molar-refractivity contribution is 0.248. The average Bonchev–Trinajstić information content (AvgIpc) is 2.79. The summed E-state index contributed by atoms with van der Waals surface area (Å²) in [4.78, 5) is 10.4. The van der Waals surface area contributed by atoms with Crippen molar-refractivity contribution in [2.75, 3.05) is 27.2 Å². The summed E-state index contributed by atoms with van der Waals surface area (Å²) in [6, 6.07) is 0. The second-order valence-corrected chi connectivity index (χ2v) is 5.66. The first-order valence-electron chi connectivity index (χ1n) is 6.46. The van der Waals surface area contributed by atoms with Crippen molar-refractivity contribution in [3.05, 3.63) is 17.7 Å². The molecule has 1 fully saturated rings. The van der Waals surface area contributed by atoms with Crippen molar-refractivity contribution < 1.29 is 0 Å². The zero-order valence-electron chi connectivity index (χ0n) is 11.4. The third-order valence-corrected chi connectivity index (χ3v) is 3.88. The summed E-state index contributed by atoms with van der Waals surface area (Å²) in [6.07, 6.45) is 4.56. The van der Waals surface area contributed by atoms with Gasteiger partial charge in [-0.25, -0.2) is 4.98 Å². The fraction of sp³-hybridized carbons (Fsp3) is 0.769. The molecule has 1 aromatic heterocycles. The molecule has 0 aromatic carbocycles. The summed E-state index contributed by atoms with van der Waals surface area (Å²) in [5, 5.41) is 3.28. The minimum Gasteiger partial charge on any atom is -0.344 e. The number of aromatic amines is 1. The Hall–Kier alpha value is -0.870. The van der Waals surface area contributed by atoms with Crippen molar-refractivity contribution in [3.63, 3.8) is 0 Å². The van der Waals surface area contributed by atoms with E-state index in [-0.39, 0.29) is 5.54 Å². The first kappa shape index (κ1) is 12.6. The standard InChI is InChI=1S/C13H24N4/c1-13(2,14-3)12-15-8-11(16-12)10-6-5-7-17(4)9-10/h8,10,14H,5-7,9H2,1-4H3,(H,15,16). The van der Waals surface area contributed by atoms with Crippen molar-refractivity contribution >= 4 is 0 Å². The molecule has 1 aliphatic heterocycles. The second kappa shape index (κ2) is 4.78. The SMILES string of the molecule is CNC(C)(C)c1ncc(C2CCCN(C)C2)[nH]1. The summed E-state index contributed by atoms with van der Waals surface area (Å²) >= 11 is 0. The van der Waals surface area contributed by atoms with Crippen molar-refractivity contribution in [1.82, 2.24) is 20.2 Å². The highest BCUT2D eigenvalue weighted by atomic mass is 15.1. The topological polar surface area (TPSA) is 44.0 Å². The van der Waals surface area contributed by atoms with Crippen LogP contribution in [-0.4, -0.2) is 42.1 Å². The molecule has 0 saturated carbocycles. The number of likely N-dealkylation sites (N-methyl/N-ethyl adjacent to an activating group) is 1. The summed E-state index contributed by atoms with van der Waals surface area (Å²) in [7, 11) is 4.16. The van der Waals surface area contributed by atoms with Crippen molar-refractivity contribution in [1.29, 1.82) is 0 Å². The van der Waals surface area contributed by atoms with Crippen molar-refractivity contribution in [2.24, 2.45) is 0 Å². The zero-order valence-corrected chi connectivity index (χ0v) is 11.4. The largest absolute Gasteiger partial charge is 0.344 e. The maximum absolute atomic E-state index is 4.52. The van der Waals surface area contributed by atoms with E-state index >= 15 is 0 Å². The van der Waals surface area contributed by atoms with Crippen LogP contribution in [0.4, 0.5) is 0 Å². The van der Waals surface area contributed by atoms with E-state index in [1.54, 1.807) is 0 Å². The van der Waals surface area contributed by atoms with Gasteiger partial charge in [0.2, 0.25) is 0 Å². The first-order valence-corrected chi connectivity index (χ1v) is 6.46. The molecule has 0 aliphatic carbocycles. The summed E-state index contributed by atoms with van der Waals surface area (Å²) in [6.45, 7) is 6.65.